The number of rotatable bonds is 1. The second-order valence-electron chi connectivity index (χ2n) is 5.75. The molecule has 2 aliphatic rings. The molecule has 4 nitrogen and oxygen atoms in total. The zero-order valence-electron chi connectivity index (χ0n) is 11.9. The van der Waals surface area contributed by atoms with Crippen molar-refractivity contribution >= 4 is 11.6 Å². The number of nitrogens with one attached hydrogen (secondary N) is 1. The fourth-order valence-electron chi connectivity index (χ4n) is 2.97. The zero-order valence-corrected chi connectivity index (χ0v) is 11.9. The third kappa shape index (κ3) is 2.96. The van der Waals surface area contributed by atoms with Crippen LogP contribution in [0.1, 0.15) is 18.4 Å². The zero-order chi connectivity index (χ0) is 15.8. The van der Waals surface area contributed by atoms with Gasteiger partial charge in [0.1, 0.15) is 6.61 Å². The maximum Gasteiger partial charge on any atom is 0.416 e. The maximum absolute atomic E-state index is 12.6. The molecule has 2 heterocycles. The van der Waals surface area contributed by atoms with Gasteiger partial charge in [-0.2, -0.15) is 13.2 Å². The van der Waals surface area contributed by atoms with Crippen molar-refractivity contribution in [1.82, 2.24) is 5.32 Å². The molecule has 0 atom stereocenters. The first-order valence-corrected chi connectivity index (χ1v) is 7.22. The molecule has 1 amide bonds. The third-order valence-corrected chi connectivity index (χ3v) is 4.27. The highest BCUT2D eigenvalue weighted by molar-refractivity contribution is 5.95. The van der Waals surface area contributed by atoms with Crippen molar-refractivity contribution in [3.8, 4) is 0 Å². The molecule has 2 fully saturated rings. The van der Waals surface area contributed by atoms with Crippen molar-refractivity contribution in [1.29, 1.82) is 0 Å². The highest BCUT2D eigenvalue weighted by Gasteiger charge is 2.41. The second kappa shape index (κ2) is 5.55. The van der Waals surface area contributed by atoms with Gasteiger partial charge in [-0.05, 0) is 50.2 Å². The van der Waals surface area contributed by atoms with Gasteiger partial charge >= 0.3 is 6.18 Å². The number of halogens is 3. The molecule has 2 saturated heterocycles. The van der Waals surface area contributed by atoms with Crippen molar-refractivity contribution in [3.63, 3.8) is 0 Å². The molecule has 2 aliphatic heterocycles. The van der Waals surface area contributed by atoms with Gasteiger partial charge < -0.3 is 15.0 Å². The number of carbonyl (C=O) groups is 1. The fraction of sp³-hybridized carbons (Fsp3) is 0.533. The number of ether oxygens (including phenoxy) is 1. The summed E-state index contributed by atoms with van der Waals surface area (Å²) in [6.07, 6.45) is -2.79. The summed E-state index contributed by atoms with van der Waals surface area (Å²) in [5.41, 5.74) is -0.616. The number of benzene rings is 1. The number of piperidine rings is 1. The van der Waals surface area contributed by atoms with Crippen molar-refractivity contribution in [2.45, 2.75) is 24.6 Å². The molecule has 1 aromatic carbocycles. The average Bonchev–Trinajstić information content (AvgIpc) is 2.50. The minimum Gasteiger partial charge on any atom is -0.363 e. The van der Waals surface area contributed by atoms with Gasteiger partial charge in [-0.25, -0.2) is 0 Å². The van der Waals surface area contributed by atoms with Crippen LogP contribution in [-0.2, 0) is 15.7 Å². The lowest BCUT2D eigenvalue weighted by atomic mass is 9.90. The number of amides is 1. The standard InChI is InChI=1S/C15H17F3N2O2/c16-15(17,18)11-1-3-12(4-2-11)20-10-14(22-9-13(20)21)5-7-19-8-6-14/h1-4,19H,5-10H2. The molecule has 1 aromatic rings. The van der Waals surface area contributed by atoms with E-state index in [0.29, 0.717) is 12.2 Å². The smallest absolute Gasteiger partial charge is 0.363 e. The first kappa shape index (κ1) is 15.3. The molecule has 22 heavy (non-hydrogen) atoms. The Kier molecular flexibility index (Phi) is 3.86. The molecule has 1 spiro atoms. The Morgan fingerprint density at radius 1 is 1.14 bits per heavy atom. The van der Waals surface area contributed by atoms with Crippen molar-refractivity contribution in [2.75, 3.05) is 31.1 Å². The lowest BCUT2D eigenvalue weighted by Crippen LogP contribution is -2.58. The molecule has 0 aromatic heterocycles. The Bertz CT molecular complexity index is 551. The van der Waals surface area contributed by atoms with Gasteiger partial charge in [0, 0.05) is 5.69 Å². The Labute approximate surface area is 126 Å². The topological polar surface area (TPSA) is 41.6 Å². The quantitative estimate of drug-likeness (QED) is 0.864. The minimum absolute atomic E-state index is 0.0268. The number of alkyl halides is 3. The van der Waals surface area contributed by atoms with Crippen LogP contribution in [0.4, 0.5) is 18.9 Å². The number of hydrogen-bond donors (Lipinski definition) is 1. The molecule has 1 N–H and O–H groups in total. The van der Waals surface area contributed by atoms with Gasteiger partial charge in [-0.3, -0.25) is 4.79 Å². The van der Waals surface area contributed by atoms with Gasteiger partial charge in [0.15, 0.2) is 0 Å². The first-order valence-electron chi connectivity index (χ1n) is 7.22. The van der Waals surface area contributed by atoms with Crippen LogP contribution < -0.4 is 10.2 Å². The third-order valence-electron chi connectivity index (χ3n) is 4.27. The summed E-state index contributed by atoms with van der Waals surface area (Å²) in [5, 5.41) is 3.24. The van der Waals surface area contributed by atoms with Crippen LogP contribution in [0.15, 0.2) is 24.3 Å². The Morgan fingerprint density at radius 2 is 1.77 bits per heavy atom. The van der Waals surface area contributed by atoms with Gasteiger partial charge in [0.2, 0.25) is 0 Å². The number of hydrogen-bond acceptors (Lipinski definition) is 3. The van der Waals surface area contributed by atoms with E-state index in [1.54, 1.807) is 0 Å². The van der Waals surface area contributed by atoms with E-state index in [4.69, 9.17) is 4.74 Å². The monoisotopic (exact) mass is 314 g/mol. The minimum atomic E-state index is -4.37. The summed E-state index contributed by atoms with van der Waals surface area (Å²) < 4.78 is 43.6. The second-order valence-corrected chi connectivity index (χ2v) is 5.75. The summed E-state index contributed by atoms with van der Waals surface area (Å²) >= 11 is 0. The summed E-state index contributed by atoms with van der Waals surface area (Å²) in [5.74, 6) is -0.219. The highest BCUT2D eigenvalue weighted by atomic mass is 19.4. The molecule has 7 heteroatoms. The van der Waals surface area contributed by atoms with E-state index in [1.807, 2.05) is 0 Å². The van der Waals surface area contributed by atoms with Gasteiger partial charge in [-0.1, -0.05) is 0 Å². The molecular formula is C15H17F3N2O2. The van der Waals surface area contributed by atoms with Crippen LogP contribution in [0.2, 0.25) is 0 Å². The highest BCUT2D eigenvalue weighted by Crippen LogP contribution is 2.33. The van der Waals surface area contributed by atoms with Gasteiger partial charge in [-0.15, -0.1) is 0 Å². The lowest BCUT2D eigenvalue weighted by molar-refractivity contribution is -0.141. The molecule has 0 aliphatic carbocycles. The molecule has 0 radical (unpaired) electrons. The summed E-state index contributed by atoms with van der Waals surface area (Å²) in [7, 11) is 0. The maximum atomic E-state index is 12.6. The molecule has 0 bridgehead atoms. The first-order chi connectivity index (χ1) is 10.4. The van der Waals surface area contributed by atoms with E-state index in [1.165, 1.54) is 17.0 Å². The number of carbonyl (C=O) groups excluding carboxylic acids is 1. The van der Waals surface area contributed by atoms with Crippen LogP contribution in [-0.4, -0.2) is 37.7 Å². The SMILES string of the molecule is O=C1COC2(CCNCC2)CN1c1ccc(C(F)(F)F)cc1. The number of anilines is 1. The fourth-order valence-corrected chi connectivity index (χ4v) is 2.97. The molecule has 3 rings (SSSR count). The molecule has 0 unspecified atom stereocenters. The van der Waals surface area contributed by atoms with Crippen molar-refractivity contribution in [3.05, 3.63) is 29.8 Å². The summed E-state index contributed by atoms with van der Waals surface area (Å²) in [6, 6.07) is 4.71. The summed E-state index contributed by atoms with van der Waals surface area (Å²) in [6.45, 7) is 1.99. The van der Waals surface area contributed by atoms with Gasteiger partial charge in [0.05, 0.1) is 17.7 Å². The van der Waals surface area contributed by atoms with Gasteiger partial charge in [0.25, 0.3) is 5.91 Å². The lowest BCUT2D eigenvalue weighted by Gasteiger charge is -2.44. The van der Waals surface area contributed by atoms with E-state index in [0.717, 1.165) is 38.1 Å². The van der Waals surface area contributed by atoms with Crippen LogP contribution in [0, 0.1) is 0 Å². The van der Waals surface area contributed by atoms with Crippen LogP contribution in [0.25, 0.3) is 0 Å². The van der Waals surface area contributed by atoms with E-state index in [-0.39, 0.29) is 18.1 Å². The number of morpholine rings is 1. The predicted octanol–water partition coefficient (Wildman–Crippen LogP) is 2.19. The van der Waals surface area contributed by atoms with Crippen LogP contribution in [0.5, 0.6) is 0 Å². The Morgan fingerprint density at radius 3 is 2.36 bits per heavy atom. The van der Waals surface area contributed by atoms with Crippen LogP contribution in [0.3, 0.4) is 0 Å². The van der Waals surface area contributed by atoms with E-state index in [2.05, 4.69) is 5.32 Å². The van der Waals surface area contributed by atoms with E-state index in [9.17, 15) is 18.0 Å². The molecule has 0 saturated carbocycles. The normalized spacial score (nSPS) is 22.1. The number of nitrogens with zero attached hydrogens (tertiary/aromatic N) is 1. The Hall–Kier alpha value is -1.60. The molecule has 120 valence electrons. The van der Waals surface area contributed by atoms with E-state index < -0.39 is 11.7 Å². The summed E-state index contributed by atoms with van der Waals surface area (Å²) in [4.78, 5) is 13.6. The Balaban J connectivity index is 1.81. The average molecular weight is 314 g/mol. The van der Waals surface area contributed by atoms with Crippen molar-refractivity contribution < 1.29 is 22.7 Å². The van der Waals surface area contributed by atoms with E-state index >= 15 is 0 Å². The van der Waals surface area contributed by atoms with Crippen molar-refractivity contribution in [2.24, 2.45) is 0 Å². The van der Waals surface area contributed by atoms with Crippen LogP contribution >= 0.6 is 0 Å². The largest absolute Gasteiger partial charge is 0.416 e. The molecular weight excluding hydrogens is 297 g/mol. The predicted molar refractivity (Wildman–Crippen MR) is 74.6 cm³/mol.